The van der Waals surface area contributed by atoms with Crippen molar-refractivity contribution in [3.63, 3.8) is 0 Å². The summed E-state index contributed by atoms with van der Waals surface area (Å²) in [7, 11) is 0. The third-order valence-corrected chi connectivity index (χ3v) is 7.72. The number of ether oxygens (including phenoxy) is 1. The predicted octanol–water partition coefficient (Wildman–Crippen LogP) is 6.35. The lowest BCUT2D eigenvalue weighted by Crippen LogP contribution is -2.32. The highest BCUT2D eigenvalue weighted by Crippen LogP contribution is 2.49. The van der Waals surface area contributed by atoms with Crippen LogP contribution in [0, 0.1) is 0 Å². The summed E-state index contributed by atoms with van der Waals surface area (Å²) in [6.45, 7) is 14.5. The van der Waals surface area contributed by atoms with Crippen LogP contribution in [-0.2, 0) is 10.3 Å². The molecule has 0 bridgehead atoms. The zero-order valence-corrected chi connectivity index (χ0v) is 22.2. The van der Waals surface area contributed by atoms with Gasteiger partial charge in [-0.3, -0.25) is 4.98 Å². The summed E-state index contributed by atoms with van der Waals surface area (Å²) in [6, 6.07) is 18.5. The van der Waals surface area contributed by atoms with Gasteiger partial charge in [0.25, 0.3) is 0 Å². The van der Waals surface area contributed by atoms with Crippen molar-refractivity contribution >= 4 is 29.1 Å². The number of thioether (sulfide) groups is 1. The number of carbonyl (C=O) groups is 1. The first-order valence-electron chi connectivity index (χ1n) is 12.6. The lowest BCUT2D eigenvalue weighted by molar-refractivity contribution is 0.0235. The minimum absolute atomic E-state index is 0.332. The fourth-order valence-corrected chi connectivity index (χ4v) is 5.87. The highest BCUT2D eigenvalue weighted by Gasteiger charge is 2.51. The Balaban J connectivity index is 1.95. The van der Waals surface area contributed by atoms with Gasteiger partial charge >= 0.3 is 5.97 Å². The summed E-state index contributed by atoms with van der Waals surface area (Å²) >= 11 is 1.77. The number of carbonyl (C=O) groups excluding carboxylic acids is 1. The zero-order chi connectivity index (χ0) is 25.0. The Hall–Kier alpha value is -2.99. The topological polar surface area (TPSA) is 45.7 Å². The van der Waals surface area contributed by atoms with Crippen LogP contribution >= 0.6 is 11.8 Å². The van der Waals surface area contributed by atoms with Crippen LogP contribution in [0.2, 0.25) is 0 Å². The van der Waals surface area contributed by atoms with E-state index >= 15 is 0 Å². The third-order valence-electron chi connectivity index (χ3n) is 6.78. The number of hydrogen-bond donors (Lipinski definition) is 0. The van der Waals surface area contributed by atoms with Crippen molar-refractivity contribution in [1.29, 1.82) is 0 Å². The molecule has 5 nitrogen and oxygen atoms in total. The third kappa shape index (κ3) is 4.40. The molecule has 0 fully saturated rings. The van der Waals surface area contributed by atoms with E-state index in [0.717, 1.165) is 53.6 Å². The summed E-state index contributed by atoms with van der Waals surface area (Å²) in [6.07, 6.45) is 1.75. The molecule has 4 rings (SSSR count). The van der Waals surface area contributed by atoms with Gasteiger partial charge in [-0.05, 0) is 69.8 Å². The molecule has 1 aromatic heterocycles. The van der Waals surface area contributed by atoms with Crippen molar-refractivity contribution in [2.24, 2.45) is 0 Å². The quantitative estimate of drug-likeness (QED) is 0.244. The van der Waals surface area contributed by atoms with Crippen LogP contribution in [0.3, 0.4) is 0 Å². The van der Waals surface area contributed by atoms with Crippen molar-refractivity contribution in [3.8, 4) is 0 Å². The minimum Gasteiger partial charge on any atom is -0.439 e. The Morgan fingerprint density at radius 3 is 2.11 bits per heavy atom. The number of fused-ring (bicyclic) bond motifs is 1. The molecule has 1 aliphatic heterocycles. The number of pyridine rings is 1. The van der Waals surface area contributed by atoms with Gasteiger partial charge in [0.1, 0.15) is 5.69 Å². The van der Waals surface area contributed by atoms with Gasteiger partial charge in [0.05, 0.1) is 5.56 Å². The van der Waals surface area contributed by atoms with Crippen molar-refractivity contribution < 1.29 is 9.53 Å². The van der Waals surface area contributed by atoms with E-state index in [2.05, 4.69) is 86.9 Å². The molecule has 0 amide bonds. The van der Waals surface area contributed by atoms with Gasteiger partial charge in [0.15, 0.2) is 0 Å². The Labute approximate surface area is 213 Å². The van der Waals surface area contributed by atoms with E-state index in [9.17, 15) is 4.79 Å². The maximum absolute atomic E-state index is 13.1. The molecular weight excluding hydrogens is 454 g/mol. The predicted molar refractivity (Wildman–Crippen MR) is 146 cm³/mol. The van der Waals surface area contributed by atoms with Crippen LogP contribution < -0.4 is 9.80 Å². The molecule has 0 radical (unpaired) electrons. The molecule has 6 heteroatoms. The second-order valence-electron chi connectivity index (χ2n) is 8.48. The molecule has 35 heavy (non-hydrogen) atoms. The second-order valence-corrected chi connectivity index (χ2v) is 9.78. The summed E-state index contributed by atoms with van der Waals surface area (Å²) in [5, 5.41) is 0. The van der Waals surface area contributed by atoms with Crippen LogP contribution in [0.25, 0.3) is 0 Å². The lowest BCUT2D eigenvalue weighted by Gasteiger charge is -2.32. The van der Waals surface area contributed by atoms with Crippen molar-refractivity contribution in [2.45, 2.75) is 45.1 Å². The highest BCUT2D eigenvalue weighted by molar-refractivity contribution is 7.99. The van der Waals surface area contributed by atoms with Gasteiger partial charge in [0, 0.05) is 59.8 Å². The Kier molecular flexibility index (Phi) is 7.70. The summed E-state index contributed by atoms with van der Waals surface area (Å²) in [4.78, 5) is 23.6. The summed E-state index contributed by atoms with van der Waals surface area (Å²) in [5.41, 5.74) is 4.30. The fraction of sp³-hybridized carbons (Fsp3) is 0.379. The molecule has 0 saturated heterocycles. The van der Waals surface area contributed by atoms with Crippen LogP contribution in [0.4, 0.5) is 11.4 Å². The number of hydrogen-bond acceptors (Lipinski definition) is 6. The number of rotatable bonds is 10. The van der Waals surface area contributed by atoms with Gasteiger partial charge in [-0.15, -0.1) is 11.8 Å². The average molecular weight is 490 g/mol. The molecule has 0 spiro atoms. The van der Waals surface area contributed by atoms with Crippen LogP contribution in [0.5, 0.6) is 0 Å². The Bertz CT molecular complexity index is 1170. The maximum atomic E-state index is 13.1. The lowest BCUT2D eigenvalue weighted by atomic mass is 9.82. The largest absolute Gasteiger partial charge is 0.439 e. The van der Waals surface area contributed by atoms with Crippen molar-refractivity contribution in [3.05, 3.63) is 83.2 Å². The molecule has 2 aromatic carbocycles. The first-order chi connectivity index (χ1) is 17.0. The first-order valence-corrected chi connectivity index (χ1v) is 13.6. The maximum Gasteiger partial charge on any atom is 0.341 e. The number of anilines is 2. The van der Waals surface area contributed by atoms with E-state index in [1.807, 2.05) is 6.07 Å². The van der Waals surface area contributed by atoms with Crippen LogP contribution in [0.1, 0.15) is 61.8 Å². The van der Waals surface area contributed by atoms with Gasteiger partial charge in [-0.25, -0.2) is 4.79 Å². The molecule has 2 heterocycles. The SMILES string of the molecule is CCSc1cc(N(CC)CC)ccc1C1(c2ccc(N(CC)CC)cc2)OC(=O)c2cccnc21. The molecular formula is C29H35N3O2S. The van der Waals surface area contributed by atoms with E-state index in [1.165, 1.54) is 5.69 Å². The van der Waals surface area contributed by atoms with E-state index in [4.69, 9.17) is 9.72 Å². The van der Waals surface area contributed by atoms with E-state index in [1.54, 1.807) is 24.0 Å². The molecule has 0 saturated carbocycles. The number of esters is 1. The van der Waals surface area contributed by atoms with Crippen LogP contribution in [-0.4, -0.2) is 42.9 Å². The first kappa shape index (κ1) is 25.1. The van der Waals surface area contributed by atoms with E-state index in [0.29, 0.717) is 11.3 Å². The Morgan fingerprint density at radius 2 is 1.49 bits per heavy atom. The van der Waals surface area contributed by atoms with Gasteiger partial charge in [-0.2, -0.15) is 0 Å². The summed E-state index contributed by atoms with van der Waals surface area (Å²) in [5.74, 6) is 0.579. The molecule has 3 aromatic rings. The Morgan fingerprint density at radius 1 is 0.857 bits per heavy atom. The number of cyclic esters (lactones) is 1. The van der Waals surface area contributed by atoms with Gasteiger partial charge in [-0.1, -0.05) is 25.1 Å². The van der Waals surface area contributed by atoms with E-state index in [-0.39, 0.29) is 5.97 Å². The zero-order valence-electron chi connectivity index (χ0n) is 21.4. The number of aromatic nitrogens is 1. The number of nitrogens with zero attached hydrogens (tertiary/aromatic N) is 3. The number of benzene rings is 2. The fourth-order valence-electron chi connectivity index (χ4n) is 4.98. The van der Waals surface area contributed by atoms with Crippen molar-refractivity contribution in [1.82, 2.24) is 4.98 Å². The molecule has 0 aliphatic carbocycles. The molecule has 1 aliphatic rings. The van der Waals surface area contributed by atoms with E-state index < -0.39 is 5.60 Å². The second kappa shape index (κ2) is 10.7. The molecule has 0 N–H and O–H groups in total. The standard InChI is InChI=1S/C29H35N3O2S/c1-6-31(7-2)22-15-13-21(14-16-22)29(27-24(28(33)34-29)12-11-19-30-27)25-18-17-23(32(8-3)9-4)20-26(25)35-10-5/h11-20H,6-10H2,1-5H3. The monoisotopic (exact) mass is 489 g/mol. The van der Waals surface area contributed by atoms with Crippen LogP contribution in [0.15, 0.2) is 65.7 Å². The molecule has 184 valence electrons. The smallest absolute Gasteiger partial charge is 0.341 e. The minimum atomic E-state index is -1.09. The van der Waals surface area contributed by atoms with Crippen molar-refractivity contribution in [2.75, 3.05) is 41.7 Å². The van der Waals surface area contributed by atoms with Gasteiger partial charge < -0.3 is 14.5 Å². The summed E-state index contributed by atoms with van der Waals surface area (Å²) < 4.78 is 6.34. The normalized spacial score (nSPS) is 16.7. The molecule has 1 unspecified atom stereocenters. The van der Waals surface area contributed by atoms with Gasteiger partial charge in [0.2, 0.25) is 5.60 Å². The highest BCUT2D eigenvalue weighted by atomic mass is 32.2. The average Bonchev–Trinajstić information content (AvgIpc) is 3.19. The molecule has 1 atom stereocenters.